The molecule has 2 spiro atoms. The highest BCUT2D eigenvalue weighted by molar-refractivity contribution is 5.74. The lowest BCUT2D eigenvalue weighted by Gasteiger charge is -2.57. The molecule has 0 radical (unpaired) electrons. The van der Waals surface area contributed by atoms with E-state index in [0.29, 0.717) is 30.6 Å². The van der Waals surface area contributed by atoms with Crippen molar-refractivity contribution in [3.63, 3.8) is 0 Å². The number of carbonyl (C=O) groups excluding carboxylic acids is 1. The number of aryl methyl sites for hydroxylation is 1. The molecule has 30 heavy (non-hydrogen) atoms. The number of benzene rings is 1. The predicted molar refractivity (Wildman–Crippen MR) is 111 cm³/mol. The number of hydrogen-bond donors (Lipinski definition) is 1. The summed E-state index contributed by atoms with van der Waals surface area (Å²) in [5, 5.41) is 0. The number of hydrogen-bond acceptors (Lipinski definition) is 4. The molecule has 2 atom stereocenters. The average molecular weight is 412 g/mol. The Morgan fingerprint density at radius 1 is 1.00 bits per heavy atom. The summed E-state index contributed by atoms with van der Waals surface area (Å²) in [5.41, 5.74) is 7.77. The minimum Gasteiger partial charge on any atom is -0.370 e. The highest BCUT2D eigenvalue weighted by Crippen LogP contribution is 2.64. The van der Waals surface area contributed by atoms with Gasteiger partial charge in [-0.3, -0.25) is 4.79 Å². The van der Waals surface area contributed by atoms with Crippen LogP contribution in [0, 0.1) is 23.7 Å². The molecule has 5 aliphatic carbocycles. The van der Waals surface area contributed by atoms with Crippen LogP contribution in [-0.4, -0.2) is 17.5 Å². The van der Waals surface area contributed by atoms with Gasteiger partial charge in [-0.25, -0.2) is 0 Å². The molecule has 6 fully saturated rings. The van der Waals surface area contributed by atoms with Crippen molar-refractivity contribution in [1.82, 2.24) is 0 Å². The Kier molecular flexibility index (Phi) is 4.52. The van der Waals surface area contributed by atoms with Gasteiger partial charge in [0.2, 0.25) is 17.5 Å². The van der Waals surface area contributed by atoms with Crippen LogP contribution in [0.5, 0.6) is 0 Å². The van der Waals surface area contributed by atoms with E-state index in [4.69, 9.17) is 20.2 Å². The summed E-state index contributed by atoms with van der Waals surface area (Å²) in [7, 11) is 0. The van der Waals surface area contributed by atoms with E-state index in [0.717, 1.165) is 43.1 Å². The molecule has 0 unspecified atom stereocenters. The zero-order valence-corrected chi connectivity index (χ0v) is 17.7. The zero-order chi connectivity index (χ0) is 20.3. The average Bonchev–Trinajstić information content (AvgIpc) is 3.10. The largest absolute Gasteiger partial charge is 0.370 e. The van der Waals surface area contributed by atoms with Crippen LogP contribution in [0.4, 0.5) is 0 Å². The van der Waals surface area contributed by atoms with E-state index in [2.05, 4.69) is 24.3 Å². The van der Waals surface area contributed by atoms with Gasteiger partial charge in [-0.15, -0.1) is 0 Å². The summed E-state index contributed by atoms with van der Waals surface area (Å²) < 4.78 is 6.90. The quantitative estimate of drug-likeness (QED) is 0.736. The molecule has 5 nitrogen and oxygen atoms in total. The maximum Gasteiger partial charge on any atom is 0.217 e. The van der Waals surface area contributed by atoms with Crippen molar-refractivity contribution in [1.29, 1.82) is 0 Å². The van der Waals surface area contributed by atoms with Gasteiger partial charge in [0.25, 0.3) is 0 Å². The molecule has 1 heterocycles. The molecular weight excluding hydrogens is 378 g/mol. The van der Waals surface area contributed by atoms with Crippen molar-refractivity contribution in [3.8, 4) is 0 Å². The Balaban J connectivity index is 1.17. The summed E-state index contributed by atoms with van der Waals surface area (Å²) in [4.78, 5) is 23.4. The lowest BCUT2D eigenvalue weighted by molar-refractivity contribution is -0.390. The second-order valence-corrected chi connectivity index (χ2v) is 10.7. The number of nitrogens with two attached hydrogens (primary N) is 1. The Bertz CT molecular complexity index is 793. The molecule has 1 aromatic carbocycles. The first-order chi connectivity index (χ1) is 14.5. The van der Waals surface area contributed by atoms with Crippen LogP contribution >= 0.6 is 0 Å². The Hall–Kier alpha value is -1.43. The van der Waals surface area contributed by atoms with E-state index in [1.54, 1.807) is 0 Å². The Morgan fingerprint density at radius 3 is 2.37 bits per heavy atom. The van der Waals surface area contributed by atoms with Crippen LogP contribution in [0.15, 0.2) is 24.3 Å². The minimum atomic E-state index is -0.580. The normalized spacial score (nSPS) is 44.2. The first kappa shape index (κ1) is 19.3. The second-order valence-electron chi connectivity index (χ2n) is 10.7. The van der Waals surface area contributed by atoms with Crippen molar-refractivity contribution in [2.45, 2.75) is 88.1 Å². The van der Waals surface area contributed by atoms with Gasteiger partial charge in [-0.2, -0.15) is 9.78 Å². The molecule has 5 heteroatoms. The SMILES string of the molecule is NC(=O)CCc1ccc([C@@H]2CCC[C@]3(C2)OOC2(O3)C3CC4CC(C3)CC2C4)cc1. The molecule has 6 aliphatic rings. The molecule has 1 amide bonds. The maximum absolute atomic E-state index is 11.0. The standard InChI is InChI=1S/C25H33NO4/c26-23(27)8-5-16-3-6-19(7-4-16)20-2-1-9-24(15-20)28-25(30-29-24)21-11-17-10-18(13-21)14-22(25)12-17/h3-4,6-7,17-18,20-22H,1-2,5,8-15H2,(H2,26,27)/t17?,18?,20-,21?,22?,24-,25?/m1/s1. The van der Waals surface area contributed by atoms with Crippen molar-refractivity contribution in [2.24, 2.45) is 29.4 Å². The molecule has 7 rings (SSSR count). The summed E-state index contributed by atoms with van der Waals surface area (Å²) in [6.07, 6.45) is 11.6. The lowest BCUT2D eigenvalue weighted by Crippen LogP contribution is -2.59. The number of amides is 1. The number of primary amides is 1. The summed E-state index contributed by atoms with van der Waals surface area (Å²) in [6, 6.07) is 8.67. The fourth-order valence-corrected chi connectivity index (χ4v) is 7.48. The summed E-state index contributed by atoms with van der Waals surface area (Å²) in [5.74, 6) is 1.90. The molecule has 0 aromatic heterocycles. The number of ether oxygens (including phenoxy) is 1. The van der Waals surface area contributed by atoms with Crippen molar-refractivity contribution in [2.75, 3.05) is 0 Å². The first-order valence-electron chi connectivity index (χ1n) is 12.0. The van der Waals surface area contributed by atoms with Gasteiger partial charge in [-0.1, -0.05) is 24.3 Å². The number of carbonyl (C=O) groups is 1. The van der Waals surface area contributed by atoms with Crippen molar-refractivity contribution >= 4 is 5.91 Å². The monoisotopic (exact) mass is 411 g/mol. The highest BCUT2D eigenvalue weighted by Gasteiger charge is 2.67. The van der Waals surface area contributed by atoms with Gasteiger partial charge < -0.3 is 10.5 Å². The molecule has 1 aromatic rings. The van der Waals surface area contributed by atoms with E-state index in [-0.39, 0.29) is 5.91 Å². The predicted octanol–water partition coefficient (Wildman–Crippen LogP) is 4.59. The third-order valence-corrected chi connectivity index (χ3v) is 8.72. The number of rotatable bonds is 4. The van der Waals surface area contributed by atoms with E-state index < -0.39 is 11.6 Å². The van der Waals surface area contributed by atoms with E-state index in [9.17, 15) is 4.79 Å². The van der Waals surface area contributed by atoms with Crippen LogP contribution in [0.2, 0.25) is 0 Å². The minimum absolute atomic E-state index is 0.248. The fourth-order valence-electron chi connectivity index (χ4n) is 7.48. The van der Waals surface area contributed by atoms with Crippen LogP contribution in [0.3, 0.4) is 0 Å². The molecule has 4 bridgehead atoms. The van der Waals surface area contributed by atoms with Gasteiger partial charge in [0.05, 0.1) is 0 Å². The van der Waals surface area contributed by atoms with E-state index in [1.165, 1.54) is 37.7 Å². The van der Waals surface area contributed by atoms with E-state index >= 15 is 0 Å². The Morgan fingerprint density at radius 2 is 1.70 bits per heavy atom. The smallest absolute Gasteiger partial charge is 0.217 e. The van der Waals surface area contributed by atoms with Gasteiger partial charge in [0.1, 0.15) is 0 Å². The third-order valence-electron chi connectivity index (χ3n) is 8.72. The van der Waals surface area contributed by atoms with Crippen LogP contribution < -0.4 is 5.73 Å². The Labute approximate surface area is 178 Å². The molecule has 162 valence electrons. The van der Waals surface area contributed by atoms with Crippen molar-refractivity contribution in [3.05, 3.63) is 35.4 Å². The lowest BCUT2D eigenvalue weighted by atomic mass is 9.53. The zero-order valence-electron chi connectivity index (χ0n) is 17.7. The van der Waals surface area contributed by atoms with Crippen LogP contribution in [0.25, 0.3) is 0 Å². The summed E-state index contributed by atoms with van der Waals surface area (Å²) in [6.45, 7) is 0. The van der Waals surface area contributed by atoms with Gasteiger partial charge in [-0.05, 0) is 80.2 Å². The topological polar surface area (TPSA) is 70.8 Å². The molecule has 1 saturated heterocycles. The molecule has 2 N–H and O–H groups in total. The highest BCUT2D eigenvalue weighted by atomic mass is 17.3. The maximum atomic E-state index is 11.0. The fraction of sp³-hybridized carbons (Fsp3) is 0.720. The van der Waals surface area contributed by atoms with Gasteiger partial charge >= 0.3 is 0 Å². The molecule has 1 aliphatic heterocycles. The van der Waals surface area contributed by atoms with E-state index in [1.807, 2.05) is 0 Å². The van der Waals surface area contributed by atoms with Gasteiger partial charge in [0, 0.05) is 31.1 Å². The van der Waals surface area contributed by atoms with Crippen LogP contribution in [0.1, 0.15) is 81.3 Å². The van der Waals surface area contributed by atoms with Crippen LogP contribution in [-0.2, 0) is 25.7 Å². The second kappa shape index (κ2) is 7.04. The van der Waals surface area contributed by atoms with Gasteiger partial charge in [0.15, 0.2) is 0 Å². The third kappa shape index (κ3) is 3.12. The van der Waals surface area contributed by atoms with Crippen molar-refractivity contribution < 1.29 is 19.3 Å². The summed E-state index contributed by atoms with van der Waals surface area (Å²) >= 11 is 0. The molecule has 5 saturated carbocycles. The molecular formula is C25H33NO4. The first-order valence-corrected chi connectivity index (χ1v) is 12.0.